The van der Waals surface area contributed by atoms with Crippen molar-refractivity contribution in [2.45, 2.75) is 26.7 Å². The summed E-state index contributed by atoms with van der Waals surface area (Å²) >= 11 is 5.88. The predicted molar refractivity (Wildman–Crippen MR) is 75.5 cm³/mol. The minimum Gasteiger partial charge on any atom is -0.207 e. The van der Waals surface area contributed by atoms with Crippen LogP contribution in [0.1, 0.15) is 24.5 Å². The number of halogens is 3. The maximum atomic E-state index is 14.1. The van der Waals surface area contributed by atoms with Gasteiger partial charge >= 0.3 is 0 Å². The second-order valence-electron chi connectivity index (χ2n) is 4.61. The van der Waals surface area contributed by atoms with Gasteiger partial charge < -0.3 is 0 Å². The van der Waals surface area contributed by atoms with Crippen LogP contribution in [0.3, 0.4) is 0 Å². The molecule has 0 bridgehead atoms. The summed E-state index contributed by atoms with van der Waals surface area (Å²) in [6, 6.07) is 8.18. The molecule has 0 fully saturated rings. The average molecular weight is 281 g/mol. The largest absolute Gasteiger partial charge is 0.207 e. The van der Waals surface area contributed by atoms with Crippen LogP contribution in [0, 0.1) is 18.6 Å². The van der Waals surface area contributed by atoms with E-state index < -0.39 is 5.82 Å². The van der Waals surface area contributed by atoms with Gasteiger partial charge in [-0.2, -0.15) is 0 Å². The highest BCUT2D eigenvalue weighted by atomic mass is 35.5. The molecular formula is C16H15ClF2. The molecule has 2 aromatic carbocycles. The van der Waals surface area contributed by atoms with Crippen molar-refractivity contribution < 1.29 is 8.78 Å². The summed E-state index contributed by atoms with van der Waals surface area (Å²) in [6.45, 7) is 3.73. The molecule has 0 heterocycles. The Labute approximate surface area is 117 Å². The van der Waals surface area contributed by atoms with Crippen molar-refractivity contribution in [1.82, 2.24) is 0 Å². The SMILES string of the molecule is CCCc1ccc(-c2ccc(C)c(Cl)c2F)cc1F. The van der Waals surface area contributed by atoms with Crippen LogP contribution in [-0.2, 0) is 6.42 Å². The van der Waals surface area contributed by atoms with Crippen LogP contribution in [0.4, 0.5) is 8.78 Å². The van der Waals surface area contributed by atoms with Crippen LogP contribution in [0.5, 0.6) is 0 Å². The van der Waals surface area contributed by atoms with Gasteiger partial charge in [0.25, 0.3) is 0 Å². The molecule has 0 aromatic heterocycles. The third-order valence-electron chi connectivity index (χ3n) is 3.16. The van der Waals surface area contributed by atoms with E-state index in [1.54, 1.807) is 31.2 Å². The van der Waals surface area contributed by atoms with E-state index in [1.807, 2.05) is 6.92 Å². The van der Waals surface area contributed by atoms with E-state index in [0.717, 1.165) is 6.42 Å². The first kappa shape index (κ1) is 14.0. The van der Waals surface area contributed by atoms with Crippen molar-refractivity contribution in [2.24, 2.45) is 0 Å². The number of hydrogen-bond donors (Lipinski definition) is 0. The Morgan fingerprint density at radius 3 is 2.47 bits per heavy atom. The lowest BCUT2D eigenvalue weighted by atomic mass is 10.00. The van der Waals surface area contributed by atoms with E-state index >= 15 is 0 Å². The topological polar surface area (TPSA) is 0 Å². The van der Waals surface area contributed by atoms with Crippen LogP contribution in [0.2, 0.25) is 5.02 Å². The number of hydrogen-bond acceptors (Lipinski definition) is 0. The normalized spacial score (nSPS) is 10.8. The van der Waals surface area contributed by atoms with Crippen molar-refractivity contribution >= 4 is 11.6 Å². The highest BCUT2D eigenvalue weighted by molar-refractivity contribution is 6.31. The summed E-state index contributed by atoms with van der Waals surface area (Å²) in [4.78, 5) is 0. The lowest BCUT2D eigenvalue weighted by molar-refractivity contribution is 0.607. The molecule has 100 valence electrons. The van der Waals surface area contributed by atoms with E-state index in [4.69, 9.17) is 11.6 Å². The van der Waals surface area contributed by atoms with Gasteiger partial charge in [-0.25, -0.2) is 8.78 Å². The second-order valence-corrected chi connectivity index (χ2v) is 4.99. The van der Waals surface area contributed by atoms with Gasteiger partial charge in [0.2, 0.25) is 0 Å². The molecule has 0 unspecified atom stereocenters. The summed E-state index contributed by atoms with van der Waals surface area (Å²) in [7, 11) is 0. The molecule has 0 amide bonds. The first-order valence-corrected chi connectivity index (χ1v) is 6.65. The minimum atomic E-state index is -0.496. The smallest absolute Gasteiger partial charge is 0.149 e. The Morgan fingerprint density at radius 2 is 1.84 bits per heavy atom. The van der Waals surface area contributed by atoms with Gasteiger partial charge in [0.15, 0.2) is 0 Å². The first-order chi connectivity index (χ1) is 9.04. The molecule has 0 saturated carbocycles. The standard InChI is InChI=1S/C16H15ClF2/c1-3-4-11-6-7-12(9-14(11)18)13-8-5-10(2)15(17)16(13)19/h5-9H,3-4H2,1-2H3. The number of benzene rings is 2. The van der Waals surface area contributed by atoms with Crippen molar-refractivity contribution in [1.29, 1.82) is 0 Å². The molecule has 0 spiro atoms. The highest BCUT2D eigenvalue weighted by Gasteiger charge is 2.12. The Morgan fingerprint density at radius 1 is 1.11 bits per heavy atom. The number of aryl methyl sites for hydroxylation is 2. The Kier molecular flexibility index (Phi) is 4.20. The third-order valence-corrected chi connectivity index (χ3v) is 3.62. The maximum absolute atomic E-state index is 14.1. The van der Waals surface area contributed by atoms with Crippen LogP contribution in [0.25, 0.3) is 11.1 Å². The fourth-order valence-electron chi connectivity index (χ4n) is 2.06. The lowest BCUT2D eigenvalue weighted by Gasteiger charge is -2.09. The molecule has 19 heavy (non-hydrogen) atoms. The van der Waals surface area contributed by atoms with Gasteiger partial charge in [0.05, 0.1) is 5.02 Å². The van der Waals surface area contributed by atoms with Gasteiger partial charge in [-0.05, 0) is 36.1 Å². The molecule has 0 N–H and O–H groups in total. The molecule has 2 aromatic rings. The molecule has 0 radical (unpaired) electrons. The average Bonchev–Trinajstić information content (AvgIpc) is 2.39. The van der Waals surface area contributed by atoms with Gasteiger partial charge in [-0.3, -0.25) is 0 Å². The fourth-order valence-corrected chi connectivity index (χ4v) is 2.22. The summed E-state index contributed by atoms with van der Waals surface area (Å²) in [6.07, 6.45) is 1.56. The second kappa shape index (κ2) is 5.70. The summed E-state index contributed by atoms with van der Waals surface area (Å²) in [5, 5.41) is 0.0931. The first-order valence-electron chi connectivity index (χ1n) is 6.28. The lowest BCUT2D eigenvalue weighted by Crippen LogP contribution is -1.93. The molecule has 0 saturated heterocycles. The molecule has 0 aliphatic carbocycles. The molecular weight excluding hydrogens is 266 g/mol. The quantitative estimate of drug-likeness (QED) is 0.692. The summed E-state index contributed by atoms with van der Waals surface area (Å²) in [5.41, 5.74) is 2.17. The van der Waals surface area contributed by atoms with Gasteiger partial charge in [-0.15, -0.1) is 0 Å². The van der Waals surface area contributed by atoms with E-state index in [2.05, 4.69) is 0 Å². The Hall–Kier alpha value is -1.41. The zero-order valence-corrected chi connectivity index (χ0v) is 11.7. The zero-order chi connectivity index (χ0) is 14.0. The van der Waals surface area contributed by atoms with Crippen molar-refractivity contribution in [2.75, 3.05) is 0 Å². The summed E-state index contributed by atoms with van der Waals surface area (Å²) < 4.78 is 28.0. The van der Waals surface area contributed by atoms with E-state index in [0.29, 0.717) is 28.7 Å². The zero-order valence-electron chi connectivity index (χ0n) is 10.9. The fraction of sp³-hybridized carbons (Fsp3) is 0.250. The molecule has 2 rings (SSSR count). The monoisotopic (exact) mass is 280 g/mol. The van der Waals surface area contributed by atoms with E-state index in [-0.39, 0.29) is 10.8 Å². The van der Waals surface area contributed by atoms with Crippen molar-refractivity contribution in [3.8, 4) is 11.1 Å². The number of rotatable bonds is 3. The molecule has 0 nitrogen and oxygen atoms in total. The molecule has 0 aliphatic rings. The van der Waals surface area contributed by atoms with Crippen molar-refractivity contribution in [3.05, 3.63) is 58.1 Å². The highest BCUT2D eigenvalue weighted by Crippen LogP contribution is 2.31. The van der Waals surface area contributed by atoms with Crippen LogP contribution >= 0.6 is 11.6 Å². The van der Waals surface area contributed by atoms with Gasteiger partial charge in [0.1, 0.15) is 11.6 Å². The minimum absolute atomic E-state index is 0.0931. The van der Waals surface area contributed by atoms with Crippen LogP contribution < -0.4 is 0 Å². The molecule has 0 aliphatic heterocycles. The Bertz CT molecular complexity index is 606. The molecule has 0 atom stereocenters. The van der Waals surface area contributed by atoms with Gasteiger partial charge in [0, 0.05) is 5.56 Å². The molecule has 3 heteroatoms. The third kappa shape index (κ3) is 2.79. The summed E-state index contributed by atoms with van der Waals surface area (Å²) in [5.74, 6) is -0.792. The Balaban J connectivity index is 2.48. The van der Waals surface area contributed by atoms with Gasteiger partial charge in [-0.1, -0.05) is 49.2 Å². The van der Waals surface area contributed by atoms with E-state index in [9.17, 15) is 8.78 Å². The maximum Gasteiger partial charge on any atom is 0.149 e. The van der Waals surface area contributed by atoms with Crippen LogP contribution in [0.15, 0.2) is 30.3 Å². The van der Waals surface area contributed by atoms with E-state index in [1.165, 1.54) is 6.07 Å². The van der Waals surface area contributed by atoms with Crippen molar-refractivity contribution in [3.63, 3.8) is 0 Å². The predicted octanol–water partition coefficient (Wildman–Crippen LogP) is 5.55. The van der Waals surface area contributed by atoms with Crippen LogP contribution in [-0.4, -0.2) is 0 Å².